The minimum absolute atomic E-state index is 0.124. The van der Waals surface area contributed by atoms with Crippen molar-refractivity contribution < 1.29 is 23.9 Å². The lowest BCUT2D eigenvalue weighted by atomic mass is 10.1. The van der Waals surface area contributed by atoms with Gasteiger partial charge in [-0.05, 0) is 36.4 Å². The van der Waals surface area contributed by atoms with Crippen molar-refractivity contribution in [3.05, 3.63) is 54.1 Å². The number of benzene rings is 1. The summed E-state index contributed by atoms with van der Waals surface area (Å²) in [6, 6.07) is 8.76. The van der Waals surface area contributed by atoms with Gasteiger partial charge in [-0.1, -0.05) is 6.58 Å². The average Bonchev–Trinajstić information content (AvgIpc) is 3.27. The normalized spacial score (nSPS) is 15.3. The van der Waals surface area contributed by atoms with E-state index in [4.69, 9.17) is 9.47 Å². The molecule has 1 saturated heterocycles. The number of hydrogen-bond donors (Lipinski definition) is 3. The second-order valence-corrected chi connectivity index (χ2v) is 9.26. The third kappa shape index (κ3) is 4.75. The first kappa shape index (κ1) is 23.8. The monoisotopic (exact) mass is 507 g/mol. The van der Waals surface area contributed by atoms with Crippen LogP contribution >= 0.6 is 11.3 Å². The molecule has 3 aromatic rings. The Bertz CT molecular complexity index is 1320. The summed E-state index contributed by atoms with van der Waals surface area (Å²) in [5.41, 5.74) is 1.75. The van der Waals surface area contributed by atoms with Crippen molar-refractivity contribution in [1.82, 2.24) is 15.6 Å². The van der Waals surface area contributed by atoms with Gasteiger partial charge < -0.3 is 25.4 Å². The number of aromatic nitrogens is 1. The first-order valence-corrected chi connectivity index (χ1v) is 12.4. The summed E-state index contributed by atoms with van der Waals surface area (Å²) < 4.78 is 11.4. The molecule has 4 amide bonds. The second-order valence-electron chi connectivity index (χ2n) is 8.26. The van der Waals surface area contributed by atoms with E-state index < -0.39 is 0 Å². The largest absolute Gasteiger partial charge is 0.490 e. The molecule has 2 aromatic heterocycles. The van der Waals surface area contributed by atoms with Crippen molar-refractivity contribution >= 4 is 56.5 Å². The predicted molar refractivity (Wildman–Crippen MR) is 137 cm³/mol. The summed E-state index contributed by atoms with van der Waals surface area (Å²) in [5.74, 6) is 0.0724. The molecule has 10 nitrogen and oxygen atoms in total. The van der Waals surface area contributed by atoms with E-state index in [9.17, 15) is 14.4 Å². The minimum Gasteiger partial charge on any atom is -0.490 e. The maximum atomic E-state index is 13.2. The van der Waals surface area contributed by atoms with Crippen LogP contribution < -0.4 is 25.6 Å². The molecular weight excluding hydrogens is 482 g/mol. The number of nitrogens with zero attached hydrogens (tertiary/aromatic N) is 2. The number of carbonyl (C=O) groups excluding carboxylic acids is 3. The molecule has 0 bridgehead atoms. The molecular formula is C25H25N5O5S. The first-order valence-electron chi connectivity index (χ1n) is 11.6. The van der Waals surface area contributed by atoms with Crippen LogP contribution in [0.25, 0.3) is 10.2 Å². The highest BCUT2D eigenvalue weighted by atomic mass is 32.1. The molecule has 1 fully saturated rings. The van der Waals surface area contributed by atoms with Crippen molar-refractivity contribution in [2.75, 3.05) is 36.5 Å². The number of urea groups is 1. The Kier molecular flexibility index (Phi) is 6.83. The zero-order chi connectivity index (χ0) is 25.1. The third-order valence-electron chi connectivity index (χ3n) is 5.91. The van der Waals surface area contributed by atoms with Crippen LogP contribution in [0.1, 0.15) is 22.5 Å². The lowest BCUT2D eigenvalue weighted by Gasteiger charge is -2.28. The summed E-state index contributed by atoms with van der Waals surface area (Å²) in [6.07, 6.45) is 4.62. The Morgan fingerprint density at radius 1 is 1.19 bits per heavy atom. The Morgan fingerprint density at radius 2 is 1.94 bits per heavy atom. The fourth-order valence-electron chi connectivity index (χ4n) is 4.17. The molecule has 11 heteroatoms. The molecule has 5 rings (SSSR count). The van der Waals surface area contributed by atoms with E-state index in [1.54, 1.807) is 17.2 Å². The van der Waals surface area contributed by atoms with Crippen molar-refractivity contribution in [2.45, 2.75) is 18.9 Å². The van der Waals surface area contributed by atoms with Crippen molar-refractivity contribution in [2.24, 2.45) is 0 Å². The van der Waals surface area contributed by atoms with E-state index in [-0.39, 0.29) is 37.0 Å². The molecule has 186 valence electrons. The number of thiophene rings is 1. The zero-order valence-corrected chi connectivity index (χ0v) is 20.2. The maximum absolute atomic E-state index is 13.2. The van der Waals surface area contributed by atoms with Gasteiger partial charge in [0.15, 0.2) is 0 Å². The van der Waals surface area contributed by atoms with E-state index in [0.29, 0.717) is 45.4 Å². The molecule has 0 aliphatic carbocycles. The van der Waals surface area contributed by atoms with Gasteiger partial charge in [0.1, 0.15) is 21.6 Å². The van der Waals surface area contributed by atoms with Crippen LogP contribution in [0, 0.1) is 0 Å². The summed E-state index contributed by atoms with van der Waals surface area (Å²) in [5, 5.41) is 8.94. The van der Waals surface area contributed by atoms with E-state index >= 15 is 0 Å². The van der Waals surface area contributed by atoms with Crippen LogP contribution in [0.5, 0.6) is 5.75 Å². The standard InChI is InChI=1S/C25H25N5O5S/c1-2-19(31)26-11-12-27-23(32)22-21-20-18(7-10-28-24(20)36-22)30(25(33)29-21)15-3-5-16(6-4-15)35-17-8-13-34-14-9-17/h2-7,10,17H,1,8-9,11-14H2,(H,26,31)(H,27,32)(H,29,33). The Hall–Kier alpha value is -3.96. The van der Waals surface area contributed by atoms with Gasteiger partial charge >= 0.3 is 6.03 Å². The van der Waals surface area contributed by atoms with E-state index in [1.807, 2.05) is 24.3 Å². The van der Waals surface area contributed by atoms with Crippen LogP contribution in [0.15, 0.2) is 49.2 Å². The molecule has 4 heterocycles. The van der Waals surface area contributed by atoms with Gasteiger partial charge in [0.2, 0.25) is 5.91 Å². The number of pyridine rings is 1. The lowest BCUT2D eigenvalue weighted by Crippen LogP contribution is -2.36. The quantitative estimate of drug-likeness (QED) is 0.317. The van der Waals surface area contributed by atoms with Crippen molar-refractivity contribution in [3.8, 4) is 5.75 Å². The van der Waals surface area contributed by atoms with Gasteiger partial charge in [-0.15, -0.1) is 11.3 Å². The molecule has 0 saturated carbocycles. The molecule has 36 heavy (non-hydrogen) atoms. The summed E-state index contributed by atoms with van der Waals surface area (Å²) in [7, 11) is 0. The smallest absolute Gasteiger partial charge is 0.331 e. The summed E-state index contributed by atoms with van der Waals surface area (Å²) in [6.45, 7) is 5.27. The van der Waals surface area contributed by atoms with Crippen LogP contribution in [0.3, 0.4) is 0 Å². The Balaban J connectivity index is 1.36. The molecule has 0 unspecified atom stereocenters. The maximum Gasteiger partial charge on any atom is 0.331 e. The highest BCUT2D eigenvalue weighted by Gasteiger charge is 2.32. The van der Waals surface area contributed by atoms with Gasteiger partial charge in [-0.25, -0.2) is 9.78 Å². The van der Waals surface area contributed by atoms with Crippen molar-refractivity contribution in [1.29, 1.82) is 0 Å². The van der Waals surface area contributed by atoms with Gasteiger partial charge in [-0.2, -0.15) is 0 Å². The first-order chi connectivity index (χ1) is 17.5. The number of hydrogen-bond acceptors (Lipinski definition) is 7. The SMILES string of the molecule is C=CC(=O)NCCNC(=O)c1sc2nccc3c2c1NC(=O)N3c1ccc(OC2CCOCC2)cc1. The Labute approximate surface area is 211 Å². The number of ether oxygens (including phenoxy) is 2. The molecule has 1 aromatic carbocycles. The van der Waals surface area contributed by atoms with Crippen molar-refractivity contribution in [3.63, 3.8) is 0 Å². The predicted octanol–water partition coefficient (Wildman–Crippen LogP) is 3.57. The lowest BCUT2D eigenvalue weighted by molar-refractivity contribution is -0.116. The molecule has 0 spiro atoms. The highest BCUT2D eigenvalue weighted by Crippen LogP contribution is 2.45. The fourth-order valence-corrected chi connectivity index (χ4v) is 5.21. The minimum atomic E-state index is -0.376. The fraction of sp³-hybridized carbons (Fsp3) is 0.280. The van der Waals surface area contributed by atoms with Gasteiger partial charge in [0, 0.05) is 32.1 Å². The number of carbonyl (C=O) groups is 3. The Morgan fingerprint density at radius 3 is 2.69 bits per heavy atom. The number of amides is 4. The zero-order valence-electron chi connectivity index (χ0n) is 19.4. The van der Waals surface area contributed by atoms with Crippen LogP contribution in [-0.2, 0) is 9.53 Å². The number of nitrogens with one attached hydrogen (secondary N) is 3. The topological polar surface area (TPSA) is 122 Å². The molecule has 2 aliphatic heterocycles. The van der Waals surface area contributed by atoms with Gasteiger partial charge in [0.05, 0.1) is 35.7 Å². The molecule has 0 atom stereocenters. The van der Waals surface area contributed by atoms with E-state index in [0.717, 1.165) is 18.6 Å². The average molecular weight is 508 g/mol. The number of rotatable bonds is 8. The van der Waals surface area contributed by atoms with Gasteiger partial charge in [-0.3, -0.25) is 14.5 Å². The van der Waals surface area contributed by atoms with E-state index in [2.05, 4.69) is 27.5 Å². The molecule has 2 aliphatic rings. The van der Waals surface area contributed by atoms with Crippen LogP contribution in [0.4, 0.5) is 21.9 Å². The molecule has 0 radical (unpaired) electrons. The highest BCUT2D eigenvalue weighted by molar-refractivity contribution is 7.21. The van der Waals surface area contributed by atoms with Gasteiger partial charge in [0.25, 0.3) is 5.91 Å². The summed E-state index contributed by atoms with van der Waals surface area (Å²) >= 11 is 1.20. The van der Waals surface area contributed by atoms with Crippen LogP contribution in [-0.4, -0.2) is 55.2 Å². The van der Waals surface area contributed by atoms with Crippen LogP contribution in [0.2, 0.25) is 0 Å². The second kappa shape index (κ2) is 10.3. The number of anilines is 3. The summed E-state index contributed by atoms with van der Waals surface area (Å²) in [4.78, 5) is 44.3. The third-order valence-corrected chi connectivity index (χ3v) is 7.01. The van der Waals surface area contributed by atoms with E-state index in [1.165, 1.54) is 17.4 Å². The molecule has 3 N–H and O–H groups in total.